The highest BCUT2D eigenvalue weighted by Crippen LogP contribution is 2.01. The van der Waals surface area contributed by atoms with Crippen LogP contribution < -0.4 is 11.1 Å². The highest BCUT2D eigenvalue weighted by Gasteiger charge is 2.22. The Bertz CT molecular complexity index is 205. The predicted octanol–water partition coefficient (Wildman–Crippen LogP) is -0.907. The van der Waals surface area contributed by atoms with Crippen LogP contribution in [0.1, 0.15) is 6.92 Å². The summed E-state index contributed by atoms with van der Waals surface area (Å²) < 4.78 is 0. The summed E-state index contributed by atoms with van der Waals surface area (Å²) in [6.07, 6.45) is 0. The van der Waals surface area contributed by atoms with Crippen LogP contribution in [0.3, 0.4) is 0 Å². The van der Waals surface area contributed by atoms with E-state index < -0.39 is 0 Å². The zero-order chi connectivity index (χ0) is 9.14. The molecule has 1 unspecified atom stereocenters. The van der Waals surface area contributed by atoms with E-state index in [2.05, 4.69) is 5.32 Å². The first-order valence-electron chi connectivity index (χ1n) is 3.91. The fourth-order valence-corrected chi connectivity index (χ4v) is 1.32. The van der Waals surface area contributed by atoms with Crippen molar-refractivity contribution in [3.8, 4) is 0 Å². The van der Waals surface area contributed by atoms with Gasteiger partial charge in [0.2, 0.25) is 5.91 Å². The van der Waals surface area contributed by atoms with Gasteiger partial charge < -0.3 is 11.1 Å². The lowest BCUT2D eigenvalue weighted by atomic mass is 10.2. The first-order valence-corrected chi connectivity index (χ1v) is 4.32. The van der Waals surface area contributed by atoms with Gasteiger partial charge in [-0.25, -0.2) is 0 Å². The van der Waals surface area contributed by atoms with Gasteiger partial charge in [0.15, 0.2) is 0 Å². The van der Waals surface area contributed by atoms with Gasteiger partial charge in [-0.1, -0.05) is 12.2 Å². The van der Waals surface area contributed by atoms with Crippen molar-refractivity contribution in [2.75, 3.05) is 19.6 Å². The fraction of sp³-hybridized carbons (Fsp3) is 0.714. The van der Waals surface area contributed by atoms with Crippen molar-refractivity contribution in [1.29, 1.82) is 0 Å². The Morgan fingerprint density at radius 3 is 3.00 bits per heavy atom. The topological polar surface area (TPSA) is 58.4 Å². The number of amides is 1. The van der Waals surface area contributed by atoms with E-state index in [0.29, 0.717) is 18.1 Å². The normalized spacial score (nSPS) is 21.6. The zero-order valence-corrected chi connectivity index (χ0v) is 7.86. The van der Waals surface area contributed by atoms with Gasteiger partial charge >= 0.3 is 0 Å². The lowest BCUT2D eigenvalue weighted by Crippen LogP contribution is -2.53. The molecular weight excluding hydrogens is 174 g/mol. The number of nitrogens with two attached hydrogens (primary N) is 1. The molecule has 1 atom stereocenters. The van der Waals surface area contributed by atoms with Crippen molar-refractivity contribution in [3.63, 3.8) is 0 Å². The molecule has 0 radical (unpaired) electrons. The molecule has 1 saturated heterocycles. The molecule has 0 saturated carbocycles. The molecule has 68 valence electrons. The van der Waals surface area contributed by atoms with Crippen LogP contribution in [-0.2, 0) is 4.79 Å². The first-order chi connectivity index (χ1) is 5.61. The molecule has 0 aromatic rings. The number of thiocarbonyl (C=S) groups is 1. The molecule has 1 aliphatic heterocycles. The summed E-state index contributed by atoms with van der Waals surface area (Å²) >= 11 is 4.84. The summed E-state index contributed by atoms with van der Waals surface area (Å²) in [5.74, 6) is 0.0457. The number of carbonyl (C=O) groups excluding carboxylic acids is 1. The number of piperazine rings is 1. The first kappa shape index (κ1) is 9.41. The number of nitrogens with zero attached hydrogens (tertiary/aromatic N) is 1. The number of carbonyl (C=O) groups is 1. The molecule has 0 spiro atoms. The molecular formula is C7H13N3OS. The molecule has 0 bridgehead atoms. The van der Waals surface area contributed by atoms with Crippen LogP contribution in [-0.4, -0.2) is 41.5 Å². The number of hydrogen-bond acceptors (Lipinski definition) is 3. The molecule has 1 rings (SSSR count). The smallest absolute Gasteiger partial charge is 0.234 e. The molecule has 1 amide bonds. The Morgan fingerprint density at radius 1 is 1.83 bits per heavy atom. The van der Waals surface area contributed by atoms with Crippen molar-refractivity contribution in [2.45, 2.75) is 13.0 Å². The van der Waals surface area contributed by atoms with Crippen LogP contribution in [0.4, 0.5) is 0 Å². The van der Waals surface area contributed by atoms with Gasteiger partial charge in [0, 0.05) is 13.1 Å². The summed E-state index contributed by atoms with van der Waals surface area (Å²) in [5.41, 5.74) is 5.47. The van der Waals surface area contributed by atoms with Gasteiger partial charge in [-0.3, -0.25) is 9.69 Å². The third-order valence-electron chi connectivity index (χ3n) is 2.03. The van der Waals surface area contributed by atoms with E-state index in [1.165, 1.54) is 0 Å². The highest BCUT2D eigenvalue weighted by molar-refractivity contribution is 7.80. The van der Waals surface area contributed by atoms with E-state index in [-0.39, 0.29) is 11.9 Å². The molecule has 1 aliphatic rings. The van der Waals surface area contributed by atoms with E-state index in [1.54, 1.807) is 0 Å². The largest absolute Gasteiger partial charge is 0.392 e. The number of hydrogen-bond donors (Lipinski definition) is 2. The van der Waals surface area contributed by atoms with Gasteiger partial charge in [0.05, 0.1) is 17.6 Å². The highest BCUT2D eigenvalue weighted by atomic mass is 32.1. The van der Waals surface area contributed by atoms with Gasteiger partial charge in [-0.05, 0) is 6.92 Å². The van der Waals surface area contributed by atoms with E-state index in [9.17, 15) is 4.79 Å². The third-order valence-corrected chi connectivity index (χ3v) is 2.37. The minimum absolute atomic E-state index is 0.0195. The maximum Gasteiger partial charge on any atom is 0.234 e. The molecule has 0 aliphatic carbocycles. The van der Waals surface area contributed by atoms with Gasteiger partial charge in [0.1, 0.15) is 0 Å². The second-order valence-corrected chi connectivity index (χ2v) is 3.37. The van der Waals surface area contributed by atoms with Gasteiger partial charge in [-0.15, -0.1) is 0 Å². The minimum atomic E-state index is 0.0195. The summed E-state index contributed by atoms with van der Waals surface area (Å²) in [4.78, 5) is 13.4. The Morgan fingerprint density at radius 2 is 2.50 bits per heavy atom. The Labute approximate surface area is 77.1 Å². The molecule has 0 aromatic carbocycles. The van der Waals surface area contributed by atoms with Crippen molar-refractivity contribution >= 4 is 23.1 Å². The monoisotopic (exact) mass is 187 g/mol. The molecule has 1 fully saturated rings. The summed E-state index contributed by atoms with van der Waals surface area (Å²) in [6, 6.07) is 0.0195. The second-order valence-electron chi connectivity index (χ2n) is 2.90. The average Bonchev–Trinajstić information content (AvgIpc) is 2.03. The summed E-state index contributed by atoms with van der Waals surface area (Å²) in [5, 5.41) is 2.74. The van der Waals surface area contributed by atoms with Crippen molar-refractivity contribution in [2.24, 2.45) is 5.73 Å². The van der Waals surface area contributed by atoms with Crippen molar-refractivity contribution < 1.29 is 4.79 Å². The van der Waals surface area contributed by atoms with Gasteiger partial charge in [0.25, 0.3) is 0 Å². The van der Waals surface area contributed by atoms with Crippen LogP contribution >= 0.6 is 12.2 Å². The average molecular weight is 187 g/mol. The summed E-state index contributed by atoms with van der Waals surface area (Å²) in [7, 11) is 0. The van der Waals surface area contributed by atoms with Crippen molar-refractivity contribution in [3.05, 3.63) is 0 Å². The van der Waals surface area contributed by atoms with E-state index in [4.69, 9.17) is 18.0 Å². The standard InChI is InChI=1S/C7H13N3OS/c1-5(7(8)12)10-3-2-9-6(11)4-10/h5H,2-4H2,1H3,(H2,8,12)(H,9,11). The molecule has 1 heterocycles. The minimum Gasteiger partial charge on any atom is -0.392 e. The Balaban J connectivity index is 2.51. The summed E-state index contributed by atoms with van der Waals surface area (Å²) in [6.45, 7) is 3.83. The molecule has 12 heavy (non-hydrogen) atoms. The Hall–Kier alpha value is -0.680. The van der Waals surface area contributed by atoms with E-state index >= 15 is 0 Å². The van der Waals surface area contributed by atoms with Crippen LogP contribution in [0.25, 0.3) is 0 Å². The molecule has 3 N–H and O–H groups in total. The SMILES string of the molecule is CC(C(N)=S)N1CCNC(=O)C1. The van der Waals surface area contributed by atoms with Crippen LogP contribution in [0.2, 0.25) is 0 Å². The number of nitrogens with one attached hydrogen (secondary N) is 1. The van der Waals surface area contributed by atoms with Crippen LogP contribution in [0.5, 0.6) is 0 Å². The second kappa shape index (κ2) is 3.82. The fourth-order valence-electron chi connectivity index (χ4n) is 1.17. The lowest BCUT2D eigenvalue weighted by molar-refractivity contribution is -0.124. The third kappa shape index (κ3) is 2.15. The maximum absolute atomic E-state index is 11.0. The van der Waals surface area contributed by atoms with E-state index in [0.717, 1.165) is 6.54 Å². The van der Waals surface area contributed by atoms with Gasteiger partial charge in [-0.2, -0.15) is 0 Å². The number of rotatable bonds is 2. The predicted molar refractivity (Wildman–Crippen MR) is 50.8 cm³/mol. The molecule has 0 aromatic heterocycles. The zero-order valence-electron chi connectivity index (χ0n) is 7.04. The molecule has 5 heteroatoms. The van der Waals surface area contributed by atoms with Crippen LogP contribution in [0.15, 0.2) is 0 Å². The lowest BCUT2D eigenvalue weighted by Gasteiger charge is -2.31. The molecule has 4 nitrogen and oxygen atoms in total. The van der Waals surface area contributed by atoms with E-state index in [1.807, 2.05) is 11.8 Å². The van der Waals surface area contributed by atoms with Crippen molar-refractivity contribution in [1.82, 2.24) is 10.2 Å². The maximum atomic E-state index is 11.0. The van der Waals surface area contributed by atoms with Crippen LogP contribution in [0, 0.1) is 0 Å². The quantitative estimate of drug-likeness (QED) is 0.550. The Kier molecular flexibility index (Phi) is 2.99.